The monoisotopic (exact) mass is 269 g/mol. The van der Waals surface area contributed by atoms with Gasteiger partial charge in [-0.05, 0) is 17.5 Å². The van der Waals surface area contributed by atoms with Crippen LogP contribution in [0.15, 0.2) is 24.3 Å². The summed E-state index contributed by atoms with van der Waals surface area (Å²) in [4.78, 5) is 0. The summed E-state index contributed by atoms with van der Waals surface area (Å²) in [5.74, 6) is -0.0947. The number of sulfone groups is 1. The van der Waals surface area contributed by atoms with Crippen molar-refractivity contribution in [3.63, 3.8) is 0 Å². The third-order valence-corrected chi connectivity index (χ3v) is 5.09. The summed E-state index contributed by atoms with van der Waals surface area (Å²) in [6.45, 7) is 2.69. The average molecular weight is 269 g/mol. The summed E-state index contributed by atoms with van der Waals surface area (Å²) in [7, 11) is -3.08. The molecule has 0 amide bonds. The van der Waals surface area contributed by atoms with Gasteiger partial charge in [0.2, 0.25) is 0 Å². The summed E-state index contributed by atoms with van der Waals surface area (Å²) in [5.41, 5.74) is 2.41. The molecule has 4 nitrogen and oxygen atoms in total. The molecule has 0 aliphatic carbocycles. The molecule has 2 rings (SSSR count). The number of aryl methyl sites for hydroxylation is 1. The molecular weight excluding hydrogens is 250 g/mol. The van der Waals surface area contributed by atoms with Crippen LogP contribution in [-0.4, -0.2) is 37.2 Å². The summed E-state index contributed by atoms with van der Waals surface area (Å²) in [5, 5.41) is 12.8. The van der Waals surface area contributed by atoms with E-state index in [1.807, 2.05) is 18.2 Å². The van der Waals surface area contributed by atoms with Crippen LogP contribution in [0.2, 0.25) is 0 Å². The lowest BCUT2D eigenvalue weighted by molar-refractivity contribution is 0.165. The van der Waals surface area contributed by atoms with E-state index in [1.165, 1.54) is 5.56 Å². The molecule has 1 heterocycles. The second kappa shape index (κ2) is 5.38. The highest BCUT2D eigenvalue weighted by atomic mass is 32.2. The Morgan fingerprint density at radius 2 is 1.94 bits per heavy atom. The van der Waals surface area contributed by atoms with E-state index >= 15 is 0 Å². The van der Waals surface area contributed by atoms with Crippen molar-refractivity contribution in [2.45, 2.75) is 32.0 Å². The van der Waals surface area contributed by atoms with Crippen LogP contribution in [-0.2, 0) is 22.8 Å². The molecule has 1 aromatic rings. The number of rotatable bonds is 4. The summed E-state index contributed by atoms with van der Waals surface area (Å²) in [6.07, 6.45) is 0.160. The fourth-order valence-electron chi connectivity index (χ4n) is 2.34. The quantitative estimate of drug-likeness (QED) is 0.835. The fraction of sp³-hybridized carbons (Fsp3) is 0.538. The van der Waals surface area contributed by atoms with E-state index < -0.39 is 15.9 Å². The first-order chi connectivity index (χ1) is 8.52. The van der Waals surface area contributed by atoms with Crippen LogP contribution in [0.4, 0.5) is 0 Å². The molecule has 0 radical (unpaired) electrons. The van der Waals surface area contributed by atoms with E-state index in [2.05, 4.69) is 18.3 Å². The molecule has 1 fully saturated rings. The Labute approximate surface area is 108 Å². The van der Waals surface area contributed by atoms with Gasteiger partial charge in [0.25, 0.3) is 0 Å². The second-order valence-corrected chi connectivity index (χ2v) is 6.91. The normalized spacial score (nSPS) is 26.3. The number of hydrogen-bond donors (Lipinski definition) is 2. The molecule has 0 saturated carbocycles. The topological polar surface area (TPSA) is 66.4 Å². The molecule has 0 bridgehead atoms. The smallest absolute Gasteiger partial charge is 0.154 e. The van der Waals surface area contributed by atoms with Gasteiger partial charge in [-0.1, -0.05) is 31.2 Å². The largest absolute Gasteiger partial charge is 0.390 e. The lowest BCUT2D eigenvalue weighted by Crippen LogP contribution is -2.38. The standard InChI is InChI=1S/C13H19NO3S/c1-2-10-5-3-4-6-11(10)7-14-12-8-18(16,17)9-13(12)15/h3-6,12-15H,2,7-9H2,1H3. The summed E-state index contributed by atoms with van der Waals surface area (Å²) in [6, 6.07) is 7.72. The first-order valence-electron chi connectivity index (χ1n) is 6.20. The number of nitrogens with one attached hydrogen (secondary N) is 1. The highest BCUT2D eigenvalue weighted by Gasteiger charge is 2.35. The Kier molecular flexibility index (Phi) is 4.04. The van der Waals surface area contributed by atoms with Gasteiger partial charge in [-0.3, -0.25) is 0 Å². The van der Waals surface area contributed by atoms with Gasteiger partial charge < -0.3 is 10.4 Å². The summed E-state index contributed by atoms with van der Waals surface area (Å²) < 4.78 is 22.8. The highest BCUT2D eigenvalue weighted by molar-refractivity contribution is 7.91. The SMILES string of the molecule is CCc1ccccc1CNC1CS(=O)(=O)CC1O. The zero-order valence-electron chi connectivity index (χ0n) is 10.5. The predicted molar refractivity (Wildman–Crippen MR) is 71.1 cm³/mol. The molecule has 2 N–H and O–H groups in total. The van der Waals surface area contributed by atoms with Crippen molar-refractivity contribution in [2.24, 2.45) is 0 Å². The molecule has 2 atom stereocenters. The Morgan fingerprint density at radius 1 is 1.28 bits per heavy atom. The van der Waals surface area contributed by atoms with Gasteiger partial charge in [-0.15, -0.1) is 0 Å². The van der Waals surface area contributed by atoms with Crippen LogP contribution in [0, 0.1) is 0 Å². The number of aliphatic hydroxyl groups excluding tert-OH is 1. The van der Waals surface area contributed by atoms with Crippen LogP contribution in [0.3, 0.4) is 0 Å². The van der Waals surface area contributed by atoms with Gasteiger partial charge in [0.1, 0.15) is 0 Å². The van der Waals surface area contributed by atoms with E-state index in [1.54, 1.807) is 0 Å². The molecule has 0 spiro atoms. The van der Waals surface area contributed by atoms with Gasteiger partial charge in [-0.25, -0.2) is 8.42 Å². The minimum atomic E-state index is -3.08. The summed E-state index contributed by atoms with van der Waals surface area (Å²) >= 11 is 0. The first-order valence-corrected chi connectivity index (χ1v) is 8.02. The molecule has 1 aromatic carbocycles. The fourth-order valence-corrected chi connectivity index (χ4v) is 4.12. The van der Waals surface area contributed by atoms with Crippen LogP contribution in [0.1, 0.15) is 18.1 Å². The number of aliphatic hydroxyl groups is 1. The maximum atomic E-state index is 11.4. The van der Waals surface area contributed by atoms with Gasteiger partial charge in [0.15, 0.2) is 9.84 Å². The minimum Gasteiger partial charge on any atom is -0.390 e. The van der Waals surface area contributed by atoms with Crippen molar-refractivity contribution < 1.29 is 13.5 Å². The zero-order valence-corrected chi connectivity index (χ0v) is 11.3. The molecule has 0 aromatic heterocycles. The van der Waals surface area contributed by atoms with E-state index in [0.717, 1.165) is 12.0 Å². The van der Waals surface area contributed by atoms with Gasteiger partial charge in [-0.2, -0.15) is 0 Å². The van der Waals surface area contributed by atoms with E-state index in [9.17, 15) is 13.5 Å². The Morgan fingerprint density at radius 3 is 2.50 bits per heavy atom. The first kappa shape index (κ1) is 13.5. The lowest BCUT2D eigenvalue weighted by Gasteiger charge is -2.16. The molecule has 2 unspecified atom stereocenters. The Bertz CT molecular complexity index is 513. The average Bonchev–Trinajstić information content (AvgIpc) is 2.60. The second-order valence-electron chi connectivity index (χ2n) is 4.75. The van der Waals surface area contributed by atoms with Crippen molar-refractivity contribution >= 4 is 9.84 Å². The molecule has 5 heteroatoms. The van der Waals surface area contributed by atoms with E-state index in [0.29, 0.717) is 6.54 Å². The van der Waals surface area contributed by atoms with Crippen LogP contribution < -0.4 is 5.32 Å². The van der Waals surface area contributed by atoms with E-state index in [-0.39, 0.29) is 17.5 Å². The van der Waals surface area contributed by atoms with Gasteiger partial charge in [0.05, 0.1) is 17.6 Å². The molecular formula is C13H19NO3S. The Hall–Kier alpha value is -0.910. The Balaban J connectivity index is 2.00. The molecule has 100 valence electrons. The van der Waals surface area contributed by atoms with Crippen LogP contribution in [0.25, 0.3) is 0 Å². The number of hydrogen-bond acceptors (Lipinski definition) is 4. The van der Waals surface area contributed by atoms with Crippen molar-refractivity contribution in [2.75, 3.05) is 11.5 Å². The van der Waals surface area contributed by atoms with Crippen molar-refractivity contribution in [1.82, 2.24) is 5.32 Å². The van der Waals surface area contributed by atoms with Crippen molar-refractivity contribution in [1.29, 1.82) is 0 Å². The highest BCUT2D eigenvalue weighted by Crippen LogP contribution is 2.14. The van der Waals surface area contributed by atoms with Crippen molar-refractivity contribution in [3.8, 4) is 0 Å². The number of benzene rings is 1. The van der Waals surface area contributed by atoms with Gasteiger partial charge in [0, 0.05) is 12.6 Å². The van der Waals surface area contributed by atoms with Crippen LogP contribution in [0.5, 0.6) is 0 Å². The molecule has 18 heavy (non-hydrogen) atoms. The molecule has 1 saturated heterocycles. The maximum absolute atomic E-state index is 11.4. The maximum Gasteiger partial charge on any atom is 0.154 e. The zero-order chi connectivity index (χ0) is 13.2. The predicted octanol–water partition coefficient (Wildman–Crippen LogP) is 0.496. The molecule has 1 aliphatic heterocycles. The third kappa shape index (κ3) is 3.10. The third-order valence-electron chi connectivity index (χ3n) is 3.38. The van der Waals surface area contributed by atoms with Crippen molar-refractivity contribution in [3.05, 3.63) is 35.4 Å². The lowest BCUT2D eigenvalue weighted by atomic mass is 10.0. The van der Waals surface area contributed by atoms with Crippen LogP contribution >= 0.6 is 0 Å². The van der Waals surface area contributed by atoms with E-state index in [4.69, 9.17) is 0 Å². The van der Waals surface area contributed by atoms with Gasteiger partial charge >= 0.3 is 0 Å². The minimum absolute atomic E-state index is 0.0302. The molecule has 1 aliphatic rings.